The second-order valence-electron chi connectivity index (χ2n) is 6.10. The Balaban J connectivity index is 2.15. The lowest BCUT2D eigenvalue weighted by Crippen LogP contribution is -1.94. The van der Waals surface area contributed by atoms with Gasteiger partial charge in [-0.05, 0) is 36.8 Å². The summed E-state index contributed by atoms with van der Waals surface area (Å²) in [7, 11) is 0. The monoisotopic (exact) mass is 274 g/mol. The first-order chi connectivity index (χ1) is 9.88. The highest BCUT2D eigenvalue weighted by Gasteiger charge is 2.01. The van der Waals surface area contributed by atoms with E-state index < -0.39 is 0 Å². The van der Waals surface area contributed by atoms with Crippen LogP contribution in [0.15, 0.2) is 24.3 Å². The molecule has 0 radical (unpaired) electrons. The van der Waals surface area contributed by atoms with Gasteiger partial charge in [-0.2, -0.15) is 0 Å². The average Bonchev–Trinajstić information content (AvgIpc) is 2.49. The van der Waals surface area contributed by atoms with Crippen LogP contribution in [0.3, 0.4) is 0 Å². The minimum absolute atomic E-state index is 1.27. The average molecular weight is 274 g/mol. The van der Waals surface area contributed by atoms with Crippen LogP contribution >= 0.6 is 0 Å². The van der Waals surface area contributed by atoms with Gasteiger partial charge < -0.3 is 0 Å². The van der Waals surface area contributed by atoms with Crippen LogP contribution in [-0.4, -0.2) is 0 Å². The number of hydrogen-bond acceptors (Lipinski definition) is 0. The summed E-state index contributed by atoms with van der Waals surface area (Å²) in [4.78, 5) is 0. The van der Waals surface area contributed by atoms with E-state index in [0.717, 1.165) is 0 Å². The van der Waals surface area contributed by atoms with Crippen LogP contribution in [0, 0.1) is 0 Å². The van der Waals surface area contributed by atoms with Gasteiger partial charge in [0.15, 0.2) is 0 Å². The van der Waals surface area contributed by atoms with Crippen molar-refractivity contribution in [1.29, 1.82) is 0 Å². The Morgan fingerprint density at radius 2 is 1.00 bits per heavy atom. The molecule has 0 atom stereocenters. The third kappa shape index (κ3) is 7.72. The largest absolute Gasteiger partial charge is 0.0654 e. The van der Waals surface area contributed by atoms with Crippen LogP contribution < -0.4 is 0 Å². The highest BCUT2D eigenvalue weighted by molar-refractivity contribution is 5.27. The van der Waals surface area contributed by atoms with Crippen LogP contribution in [0.25, 0.3) is 0 Å². The maximum atomic E-state index is 2.34. The fraction of sp³-hybridized carbons (Fsp3) is 0.700. The quantitative estimate of drug-likeness (QED) is 0.371. The fourth-order valence-electron chi connectivity index (χ4n) is 2.86. The first-order valence-corrected chi connectivity index (χ1v) is 8.95. The molecule has 0 bridgehead atoms. The second-order valence-corrected chi connectivity index (χ2v) is 6.10. The van der Waals surface area contributed by atoms with Gasteiger partial charge in [0, 0.05) is 0 Å². The topological polar surface area (TPSA) is 0 Å². The molecule has 0 aliphatic rings. The second kappa shape index (κ2) is 12.0. The van der Waals surface area contributed by atoms with Crippen LogP contribution in [-0.2, 0) is 12.8 Å². The van der Waals surface area contributed by atoms with E-state index in [1.807, 2.05) is 0 Å². The summed E-state index contributed by atoms with van der Waals surface area (Å²) in [6.07, 6.45) is 16.5. The van der Waals surface area contributed by atoms with E-state index in [1.54, 1.807) is 11.1 Å². The third-order valence-electron chi connectivity index (χ3n) is 4.22. The zero-order valence-electron chi connectivity index (χ0n) is 13.8. The molecule has 0 spiro atoms. The minimum atomic E-state index is 1.27. The van der Waals surface area contributed by atoms with E-state index in [-0.39, 0.29) is 0 Å². The zero-order valence-corrected chi connectivity index (χ0v) is 13.8. The van der Waals surface area contributed by atoms with Gasteiger partial charge in [0.25, 0.3) is 0 Å². The first-order valence-electron chi connectivity index (χ1n) is 8.95. The van der Waals surface area contributed by atoms with Crippen molar-refractivity contribution < 1.29 is 0 Å². The van der Waals surface area contributed by atoms with Gasteiger partial charge >= 0.3 is 0 Å². The van der Waals surface area contributed by atoms with Crippen molar-refractivity contribution in [3.63, 3.8) is 0 Å². The van der Waals surface area contributed by atoms with Gasteiger partial charge in [-0.1, -0.05) is 89.5 Å². The SMILES string of the molecule is CCCCCCCCCCc1ccccc1CCCC. The predicted octanol–water partition coefficient (Wildman–Crippen LogP) is 6.71. The zero-order chi connectivity index (χ0) is 14.5. The van der Waals surface area contributed by atoms with Crippen molar-refractivity contribution in [1.82, 2.24) is 0 Å². The van der Waals surface area contributed by atoms with E-state index in [1.165, 1.54) is 77.0 Å². The summed E-state index contributed by atoms with van der Waals surface area (Å²) in [5.74, 6) is 0. The van der Waals surface area contributed by atoms with Gasteiger partial charge in [-0.15, -0.1) is 0 Å². The molecule has 0 fully saturated rings. The van der Waals surface area contributed by atoms with E-state index in [4.69, 9.17) is 0 Å². The van der Waals surface area contributed by atoms with E-state index >= 15 is 0 Å². The van der Waals surface area contributed by atoms with Gasteiger partial charge in [0.2, 0.25) is 0 Å². The molecule has 1 rings (SSSR count). The van der Waals surface area contributed by atoms with Gasteiger partial charge in [-0.3, -0.25) is 0 Å². The number of benzene rings is 1. The van der Waals surface area contributed by atoms with Gasteiger partial charge in [-0.25, -0.2) is 0 Å². The standard InChI is InChI=1S/C20H34/c1-3-5-7-8-9-10-11-12-16-20-18-14-13-17-19(20)15-6-4-2/h13-14,17-18H,3-12,15-16H2,1-2H3. The maximum absolute atomic E-state index is 2.34. The fourth-order valence-corrected chi connectivity index (χ4v) is 2.86. The molecule has 0 heterocycles. The highest BCUT2D eigenvalue weighted by Crippen LogP contribution is 2.16. The molecule has 0 aliphatic carbocycles. The molecule has 1 aromatic rings. The molecule has 0 saturated heterocycles. The number of hydrogen-bond donors (Lipinski definition) is 0. The molecule has 0 aliphatic heterocycles. The molecule has 0 aromatic heterocycles. The summed E-state index contributed by atoms with van der Waals surface area (Å²) in [6, 6.07) is 9.07. The summed E-state index contributed by atoms with van der Waals surface area (Å²) < 4.78 is 0. The summed E-state index contributed by atoms with van der Waals surface area (Å²) in [6.45, 7) is 4.57. The van der Waals surface area contributed by atoms with Crippen LogP contribution in [0.4, 0.5) is 0 Å². The molecule has 0 N–H and O–H groups in total. The number of aryl methyl sites for hydroxylation is 2. The van der Waals surface area contributed by atoms with Crippen LogP contribution in [0.1, 0.15) is 89.2 Å². The Morgan fingerprint density at radius 3 is 1.55 bits per heavy atom. The lowest BCUT2D eigenvalue weighted by molar-refractivity contribution is 0.575. The molecule has 0 nitrogen and oxygen atoms in total. The Hall–Kier alpha value is -0.780. The normalized spacial score (nSPS) is 10.9. The molecule has 0 saturated carbocycles. The minimum Gasteiger partial charge on any atom is -0.0654 e. The maximum Gasteiger partial charge on any atom is -0.0276 e. The van der Waals surface area contributed by atoms with Crippen LogP contribution in [0.2, 0.25) is 0 Å². The van der Waals surface area contributed by atoms with Crippen molar-refractivity contribution in [3.8, 4) is 0 Å². The molecular weight excluding hydrogens is 240 g/mol. The lowest BCUT2D eigenvalue weighted by atomic mass is 9.97. The van der Waals surface area contributed by atoms with Crippen molar-refractivity contribution in [3.05, 3.63) is 35.4 Å². The Bertz CT molecular complexity index is 327. The van der Waals surface area contributed by atoms with Crippen molar-refractivity contribution in [2.75, 3.05) is 0 Å². The third-order valence-corrected chi connectivity index (χ3v) is 4.22. The summed E-state index contributed by atoms with van der Waals surface area (Å²) in [5, 5.41) is 0. The van der Waals surface area contributed by atoms with Gasteiger partial charge in [0.1, 0.15) is 0 Å². The van der Waals surface area contributed by atoms with Crippen molar-refractivity contribution in [2.24, 2.45) is 0 Å². The van der Waals surface area contributed by atoms with Crippen molar-refractivity contribution in [2.45, 2.75) is 90.9 Å². The Kier molecular flexibility index (Phi) is 10.4. The van der Waals surface area contributed by atoms with Crippen molar-refractivity contribution >= 4 is 0 Å². The van der Waals surface area contributed by atoms with E-state index in [0.29, 0.717) is 0 Å². The summed E-state index contributed by atoms with van der Waals surface area (Å²) >= 11 is 0. The molecular formula is C20H34. The van der Waals surface area contributed by atoms with E-state index in [2.05, 4.69) is 38.1 Å². The predicted molar refractivity (Wildman–Crippen MR) is 91.4 cm³/mol. The van der Waals surface area contributed by atoms with E-state index in [9.17, 15) is 0 Å². The summed E-state index contributed by atoms with van der Waals surface area (Å²) in [5.41, 5.74) is 3.20. The molecule has 0 heteroatoms. The lowest BCUT2D eigenvalue weighted by Gasteiger charge is -2.09. The van der Waals surface area contributed by atoms with Crippen LogP contribution in [0.5, 0.6) is 0 Å². The smallest absolute Gasteiger partial charge is 0.0276 e. The first kappa shape index (κ1) is 17.3. The van der Waals surface area contributed by atoms with Gasteiger partial charge in [0.05, 0.1) is 0 Å². The number of rotatable bonds is 12. The molecule has 0 unspecified atom stereocenters. The highest BCUT2D eigenvalue weighted by atomic mass is 14.1. The molecule has 0 amide bonds. The Morgan fingerprint density at radius 1 is 0.550 bits per heavy atom. The molecule has 1 aromatic carbocycles. The Labute approximate surface area is 127 Å². The molecule has 114 valence electrons. The number of unbranched alkanes of at least 4 members (excludes halogenated alkanes) is 8. The molecule has 20 heavy (non-hydrogen) atoms.